The van der Waals surface area contributed by atoms with Crippen molar-refractivity contribution < 1.29 is 14.7 Å². The summed E-state index contributed by atoms with van der Waals surface area (Å²) in [6, 6.07) is 6.22. The van der Waals surface area contributed by atoms with Gasteiger partial charge in [0, 0.05) is 29.4 Å². The Morgan fingerprint density at radius 2 is 2.05 bits per heavy atom. The molecule has 2 rings (SSSR count). The van der Waals surface area contributed by atoms with Gasteiger partial charge < -0.3 is 10.4 Å². The molecule has 2 aromatic rings. The molecule has 22 heavy (non-hydrogen) atoms. The van der Waals surface area contributed by atoms with Gasteiger partial charge in [-0.2, -0.15) is 0 Å². The van der Waals surface area contributed by atoms with E-state index in [9.17, 15) is 9.59 Å². The van der Waals surface area contributed by atoms with Gasteiger partial charge in [-0.3, -0.25) is 9.59 Å². The summed E-state index contributed by atoms with van der Waals surface area (Å²) < 4.78 is 0. The number of nitrogens with one attached hydrogen (secondary N) is 1. The van der Waals surface area contributed by atoms with Gasteiger partial charge in [-0.1, -0.05) is 23.7 Å². The van der Waals surface area contributed by atoms with E-state index in [2.05, 4.69) is 10.3 Å². The van der Waals surface area contributed by atoms with Crippen LogP contribution in [-0.4, -0.2) is 22.0 Å². The molecule has 0 aliphatic carbocycles. The summed E-state index contributed by atoms with van der Waals surface area (Å²) in [5, 5.41) is 15.1. The molecule has 0 aliphatic rings. The molecule has 2 N–H and O–H groups in total. The molecule has 0 aliphatic heterocycles. The van der Waals surface area contributed by atoms with Crippen molar-refractivity contribution in [2.45, 2.75) is 25.3 Å². The number of carboxylic acid groups (broad SMARTS) is 1. The molecule has 0 spiro atoms. The highest BCUT2D eigenvalue weighted by atomic mass is 35.5. The largest absolute Gasteiger partial charge is 0.481 e. The van der Waals surface area contributed by atoms with Crippen LogP contribution in [0.15, 0.2) is 35.8 Å². The molecule has 7 heteroatoms. The highest BCUT2D eigenvalue weighted by Crippen LogP contribution is 2.20. The van der Waals surface area contributed by atoms with Crippen LogP contribution in [0.1, 0.15) is 29.5 Å². The smallest absolute Gasteiger partial charge is 0.305 e. The van der Waals surface area contributed by atoms with Crippen molar-refractivity contribution in [1.29, 1.82) is 0 Å². The number of amides is 1. The molecule has 0 fully saturated rings. The molecule has 1 aromatic heterocycles. The van der Waals surface area contributed by atoms with E-state index in [0.29, 0.717) is 11.4 Å². The quantitative estimate of drug-likeness (QED) is 0.813. The summed E-state index contributed by atoms with van der Waals surface area (Å²) in [5.74, 6) is -1.17. The van der Waals surface area contributed by atoms with Crippen LogP contribution in [0, 0.1) is 0 Å². The maximum atomic E-state index is 12.0. The van der Waals surface area contributed by atoms with Crippen molar-refractivity contribution in [3.05, 3.63) is 51.4 Å². The van der Waals surface area contributed by atoms with Crippen LogP contribution < -0.4 is 5.32 Å². The zero-order valence-electron chi connectivity index (χ0n) is 11.7. The first kappa shape index (κ1) is 16.5. The summed E-state index contributed by atoms with van der Waals surface area (Å²) >= 11 is 7.32. The van der Waals surface area contributed by atoms with E-state index in [1.54, 1.807) is 30.5 Å². The van der Waals surface area contributed by atoms with Crippen LogP contribution >= 0.6 is 22.9 Å². The molecule has 0 unspecified atom stereocenters. The number of hydrogen-bond acceptors (Lipinski definition) is 4. The molecule has 116 valence electrons. The highest BCUT2D eigenvalue weighted by Gasteiger charge is 2.18. The van der Waals surface area contributed by atoms with Gasteiger partial charge in [0.15, 0.2) is 0 Å². The molecule has 0 saturated heterocycles. The van der Waals surface area contributed by atoms with E-state index >= 15 is 0 Å². The predicted molar refractivity (Wildman–Crippen MR) is 85.0 cm³/mol. The first-order valence-electron chi connectivity index (χ1n) is 6.69. The van der Waals surface area contributed by atoms with Crippen molar-refractivity contribution in [2.75, 3.05) is 0 Å². The van der Waals surface area contributed by atoms with Gasteiger partial charge in [-0.05, 0) is 17.7 Å². The Bertz CT molecular complexity index is 629. The number of aromatic nitrogens is 1. The monoisotopic (exact) mass is 338 g/mol. The van der Waals surface area contributed by atoms with Crippen molar-refractivity contribution in [3.63, 3.8) is 0 Å². The Labute approximate surface area is 137 Å². The molecular formula is C15H15ClN2O3S. The molecule has 1 aromatic carbocycles. The molecular weight excluding hydrogens is 324 g/mol. The number of carbonyl (C=O) groups is 2. The predicted octanol–water partition coefficient (Wildman–Crippen LogP) is 3.06. The summed E-state index contributed by atoms with van der Waals surface area (Å²) in [6.07, 6.45) is 2.34. The van der Waals surface area contributed by atoms with Crippen molar-refractivity contribution in [1.82, 2.24) is 10.3 Å². The van der Waals surface area contributed by atoms with Gasteiger partial charge in [0.2, 0.25) is 5.91 Å². The van der Waals surface area contributed by atoms with Gasteiger partial charge in [0.1, 0.15) is 0 Å². The topological polar surface area (TPSA) is 79.3 Å². The fourth-order valence-corrected chi connectivity index (χ4v) is 2.73. The average molecular weight is 339 g/mol. The van der Waals surface area contributed by atoms with Crippen molar-refractivity contribution in [2.24, 2.45) is 0 Å². The lowest BCUT2D eigenvalue weighted by molar-refractivity contribution is -0.137. The van der Waals surface area contributed by atoms with E-state index in [-0.39, 0.29) is 18.7 Å². The van der Waals surface area contributed by atoms with E-state index in [4.69, 9.17) is 16.7 Å². The standard InChI is InChI=1S/C15H15ClN2O3S/c16-11-3-1-10(2-4-11)12(9-15(20)21)18-13(19)5-6-14-17-7-8-22-14/h1-4,7-8,12H,5-6,9H2,(H,18,19)(H,20,21)/t12-/m0/s1. The Morgan fingerprint density at radius 1 is 1.32 bits per heavy atom. The Balaban J connectivity index is 1.98. The lowest BCUT2D eigenvalue weighted by Crippen LogP contribution is -2.30. The Kier molecular flexibility index (Phi) is 5.91. The Hall–Kier alpha value is -1.92. The third-order valence-electron chi connectivity index (χ3n) is 3.04. The lowest BCUT2D eigenvalue weighted by atomic mass is 10.0. The number of rotatable bonds is 7. The van der Waals surface area contributed by atoms with E-state index in [1.165, 1.54) is 11.3 Å². The number of carboxylic acids is 1. The number of carbonyl (C=O) groups excluding carboxylic acids is 1. The van der Waals surface area contributed by atoms with Crippen LogP contribution in [0.2, 0.25) is 5.02 Å². The van der Waals surface area contributed by atoms with E-state index in [0.717, 1.165) is 10.6 Å². The number of aliphatic carboxylic acids is 1. The molecule has 1 heterocycles. The van der Waals surface area contributed by atoms with Gasteiger partial charge in [-0.25, -0.2) is 4.98 Å². The van der Waals surface area contributed by atoms with Crippen LogP contribution in [0.3, 0.4) is 0 Å². The minimum absolute atomic E-state index is 0.176. The molecule has 0 bridgehead atoms. The SMILES string of the molecule is O=C(O)C[C@H](NC(=O)CCc1nccs1)c1ccc(Cl)cc1. The van der Waals surface area contributed by atoms with Gasteiger partial charge in [0.25, 0.3) is 0 Å². The summed E-state index contributed by atoms with van der Waals surface area (Å²) in [6.45, 7) is 0. The fraction of sp³-hybridized carbons (Fsp3) is 0.267. The van der Waals surface area contributed by atoms with Crippen LogP contribution in [0.4, 0.5) is 0 Å². The van der Waals surface area contributed by atoms with Gasteiger partial charge in [-0.15, -0.1) is 11.3 Å². The minimum atomic E-state index is -0.972. The second kappa shape index (κ2) is 7.91. The zero-order valence-corrected chi connectivity index (χ0v) is 13.2. The summed E-state index contributed by atoms with van der Waals surface area (Å²) in [7, 11) is 0. The number of halogens is 1. The first-order chi connectivity index (χ1) is 10.5. The number of nitrogens with zero attached hydrogens (tertiary/aromatic N) is 1. The normalized spacial score (nSPS) is 11.9. The lowest BCUT2D eigenvalue weighted by Gasteiger charge is -2.17. The molecule has 5 nitrogen and oxygen atoms in total. The second-order valence-corrected chi connectivity index (χ2v) is 6.11. The number of aryl methyl sites for hydroxylation is 1. The zero-order chi connectivity index (χ0) is 15.9. The van der Waals surface area contributed by atoms with E-state index in [1.807, 2.05) is 5.38 Å². The van der Waals surface area contributed by atoms with Crippen LogP contribution in [-0.2, 0) is 16.0 Å². The van der Waals surface area contributed by atoms with Crippen LogP contribution in [0.5, 0.6) is 0 Å². The maximum absolute atomic E-state index is 12.0. The van der Waals surface area contributed by atoms with Gasteiger partial charge in [0.05, 0.1) is 17.5 Å². The number of benzene rings is 1. The first-order valence-corrected chi connectivity index (χ1v) is 7.95. The van der Waals surface area contributed by atoms with Crippen LogP contribution in [0.25, 0.3) is 0 Å². The highest BCUT2D eigenvalue weighted by molar-refractivity contribution is 7.09. The number of thiazole rings is 1. The number of hydrogen-bond donors (Lipinski definition) is 2. The average Bonchev–Trinajstić information content (AvgIpc) is 2.98. The van der Waals surface area contributed by atoms with E-state index < -0.39 is 12.0 Å². The minimum Gasteiger partial charge on any atom is -0.481 e. The van der Waals surface area contributed by atoms with Crippen molar-refractivity contribution in [3.8, 4) is 0 Å². The third kappa shape index (κ3) is 5.13. The maximum Gasteiger partial charge on any atom is 0.305 e. The molecule has 0 radical (unpaired) electrons. The second-order valence-electron chi connectivity index (χ2n) is 4.70. The summed E-state index contributed by atoms with van der Waals surface area (Å²) in [4.78, 5) is 27.1. The van der Waals surface area contributed by atoms with Crippen molar-refractivity contribution >= 4 is 34.8 Å². The molecule has 1 atom stereocenters. The third-order valence-corrected chi connectivity index (χ3v) is 4.13. The summed E-state index contributed by atoms with van der Waals surface area (Å²) in [5.41, 5.74) is 0.717. The van der Waals surface area contributed by atoms with Gasteiger partial charge >= 0.3 is 5.97 Å². The Morgan fingerprint density at radius 3 is 2.64 bits per heavy atom. The molecule has 1 amide bonds. The fourth-order valence-electron chi connectivity index (χ4n) is 1.99. The molecule has 0 saturated carbocycles.